The van der Waals surface area contributed by atoms with E-state index in [0.717, 1.165) is 34.5 Å². The minimum atomic E-state index is -0.182. The Hall–Kier alpha value is -2.48. The predicted octanol–water partition coefficient (Wildman–Crippen LogP) is 1.65. The minimum absolute atomic E-state index is 0.182. The molecule has 2 N–H and O–H groups in total. The van der Waals surface area contributed by atoms with Crippen LogP contribution in [0, 0.1) is 0 Å². The van der Waals surface area contributed by atoms with E-state index in [1.165, 1.54) is 0 Å². The Labute approximate surface area is 137 Å². The maximum absolute atomic E-state index is 12.2. The van der Waals surface area contributed by atoms with Gasteiger partial charge in [0.15, 0.2) is 5.16 Å². The highest BCUT2D eigenvalue weighted by atomic mass is 32.2. The van der Waals surface area contributed by atoms with E-state index in [-0.39, 0.29) is 5.91 Å². The molecule has 0 saturated heterocycles. The third-order valence-electron chi connectivity index (χ3n) is 3.81. The highest BCUT2D eigenvalue weighted by molar-refractivity contribution is 7.99. The maximum atomic E-state index is 12.2. The number of H-pyrrole nitrogens is 1. The first-order chi connectivity index (χ1) is 11.2. The molecule has 118 valence electrons. The van der Waals surface area contributed by atoms with Crippen LogP contribution < -0.4 is 5.32 Å². The van der Waals surface area contributed by atoms with Crippen LogP contribution in [0.2, 0.25) is 0 Å². The number of imidazole rings is 1. The molecule has 3 aromatic rings. The molecule has 0 saturated carbocycles. The highest BCUT2D eigenvalue weighted by Gasteiger charge is 2.16. The first kappa shape index (κ1) is 14.1. The zero-order valence-electron chi connectivity index (χ0n) is 12.6. The van der Waals surface area contributed by atoms with Crippen molar-refractivity contribution in [3.63, 3.8) is 0 Å². The quantitative estimate of drug-likeness (QED) is 0.763. The largest absolute Gasteiger partial charge is 0.349 e. The number of hydrogen-bond donors (Lipinski definition) is 2. The molecule has 7 nitrogen and oxygen atoms in total. The number of hydrogen-bond acceptors (Lipinski definition) is 4. The number of carbonyl (C=O) groups excluding carboxylic acids is 1. The summed E-state index contributed by atoms with van der Waals surface area (Å²) >= 11 is 1.74. The van der Waals surface area contributed by atoms with Gasteiger partial charge in [0, 0.05) is 31.7 Å². The molecule has 0 unspecified atom stereocenters. The number of nitrogens with zero attached hydrogens (tertiary/aromatic N) is 4. The highest BCUT2D eigenvalue weighted by Crippen LogP contribution is 2.24. The second kappa shape index (κ2) is 5.62. The Morgan fingerprint density at radius 2 is 2.43 bits per heavy atom. The van der Waals surface area contributed by atoms with Gasteiger partial charge in [-0.25, -0.2) is 4.98 Å². The molecule has 4 rings (SSSR count). The van der Waals surface area contributed by atoms with Gasteiger partial charge >= 0.3 is 0 Å². The molecule has 8 heteroatoms. The van der Waals surface area contributed by atoms with Crippen molar-refractivity contribution in [2.45, 2.75) is 18.2 Å². The van der Waals surface area contributed by atoms with E-state index >= 15 is 0 Å². The summed E-state index contributed by atoms with van der Waals surface area (Å²) in [4.78, 5) is 16.7. The van der Waals surface area contributed by atoms with E-state index in [2.05, 4.69) is 25.1 Å². The number of aryl methyl sites for hydroxylation is 2. The summed E-state index contributed by atoms with van der Waals surface area (Å²) in [7, 11) is 1.94. The minimum Gasteiger partial charge on any atom is -0.349 e. The molecule has 0 aromatic carbocycles. The first-order valence-corrected chi connectivity index (χ1v) is 8.33. The second-order valence-electron chi connectivity index (χ2n) is 5.41. The molecule has 0 spiro atoms. The van der Waals surface area contributed by atoms with Crippen LogP contribution in [-0.2, 0) is 20.1 Å². The molecular formula is C15H16N6OS. The second-order valence-corrected chi connectivity index (χ2v) is 6.47. The lowest BCUT2D eigenvalue weighted by molar-refractivity contribution is 0.0945. The lowest BCUT2D eigenvalue weighted by atomic mass is 10.2. The van der Waals surface area contributed by atoms with Crippen LogP contribution in [0.15, 0.2) is 35.7 Å². The third kappa shape index (κ3) is 2.65. The molecule has 0 atom stereocenters. The Bertz CT molecular complexity index is 840. The van der Waals surface area contributed by atoms with Crippen LogP contribution in [0.1, 0.15) is 16.2 Å². The Morgan fingerprint density at radius 3 is 3.22 bits per heavy atom. The molecule has 0 fully saturated rings. The smallest absolute Gasteiger partial charge is 0.269 e. The number of rotatable bonds is 4. The normalized spacial score (nSPS) is 13.3. The first-order valence-electron chi connectivity index (χ1n) is 7.35. The molecule has 0 bridgehead atoms. The average molecular weight is 328 g/mol. The topological polar surface area (TPSA) is 80.5 Å². The van der Waals surface area contributed by atoms with Crippen molar-refractivity contribution >= 4 is 17.7 Å². The number of aromatic nitrogens is 5. The summed E-state index contributed by atoms with van der Waals surface area (Å²) in [5.41, 5.74) is 3.04. The van der Waals surface area contributed by atoms with Crippen molar-refractivity contribution in [3.05, 3.63) is 42.0 Å². The van der Waals surface area contributed by atoms with E-state index in [4.69, 9.17) is 0 Å². The summed E-state index contributed by atoms with van der Waals surface area (Å²) in [5, 5.41) is 10.9. The molecule has 0 radical (unpaired) electrons. The van der Waals surface area contributed by atoms with E-state index in [1.807, 2.05) is 36.1 Å². The number of amides is 1. The van der Waals surface area contributed by atoms with Crippen molar-refractivity contribution in [2.24, 2.45) is 7.05 Å². The summed E-state index contributed by atoms with van der Waals surface area (Å²) in [6, 6.07) is 5.66. The van der Waals surface area contributed by atoms with Gasteiger partial charge in [0.05, 0.1) is 17.9 Å². The third-order valence-corrected chi connectivity index (χ3v) is 4.78. The van der Waals surface area contributed by atoms with Gasteiger partial charge < -0.3 is 14.5 Å². The molecule has 0 aliphatic carbocycles. The van der Waals surface area contributed by atoms with Gasteiger partial charge in [-0.15, -0.1) is 0 Å². The average Bonchev–Trinajstić information content (AvgIpc) is 3.27. The van der Waals surface area contributed by atoms with Crippen LogP contribution in [-0.4, -0.2) is 36.0 Å². The lowest BCUT2D eigenvalue weighted by Gasteiger charge is -2.00. The fraction of sp³-hybridized carbons (Fsp3) is 0.267. The fourth-order valence-corrected chi connectivity index (χ4v) is 3.57. The van der Waals surface area contributed by atoms with Gasteiger partial charge in [0.1, 0.15) is 11.4 Å². The van der Waals surface area contributed by atoms with E-state index < -0.39 is 0 Å². The predicted molar refractivity (Wildman–Crippen MR) is 87.1 cm³/mol. The van der Waals surface area contributed by atoms with Gasteiger partial charge in [-0.3, -0.25) is 9.89 Å². The number of thioether (sulfide) groups is 1. The van der Waals surface area contributed by atoms with Gasteiger partial charge in [0.25, 0.3) is 5.91 Å². The fourth-order valence-electron chi connectivity index (χ4n) is 2.61. The summed E-state index contributed by atoms with van der Waals surface area (Å²) in [5.74, 6) is 0.893. The van der Waals surface area contributed by atoms with Crippen LogP contribution in [0.3, 0.4) is 0 Å². The molecule has 1 aliphatic heterocycles. The summed E-state index contributed by atoms with van der Waals surface area (Å²) < 4.78 is 4.08. The van der Waals surface area contributed by atoms with Crippen molar-refractivity contribution in [3.8, 4) is 11.4 Å². The van der Waals surface area contributed by atoms with E-state index in [1.54, 1.807) is 17.8 Å². The van der Waals surface area contributed by atoms with Gasteiger partial charge in [0.2, 0.25) is 0 Å². The molecule has 1 amide bonds. The molecule has 1 aliphatic rings. The molecule has 23 heavy (non-hydrogen) atoms. The number of fused-ring (bicyclic) bond motifs is 1. The molecule has 3 aromatic heterocycles. The zero-order valence-corrected chi connectivity index (χ0v) is 13.4. The maximum Gasteiger partial charge on any atom is 0.269 e. The Kier molecular flexibility index (Phi) is 3.45. The Balaban J connectivity index is 1.43. The Morgan fingerprint density at radius 1 is 1.52 bits per heavy atom. The standard InChI is InChI=1S/C15H16N6OS/c1-20-4-2-3-13(20)11-7-12(19-18-11)14(22)16-8-10-9-21-5-6-23-15(21)17-10/h2-4,7,9H,5-6,8H2,1H3,(H,16,22)(H,18,19). The van der Waals surface area contributed by atoms with Crippen LogP contribution in [0.25, 0.3) is 11.4 Å². The van der Waals surface area contributed by atoms with Crippen LogP contribution in [0.4, 0.5) is 0 Å². The van der Waals surface area contributed by atoms with Crippen molar-refractivity contribution in [1.82, 2.24) is 29.6 Å². The number of carbonyl (C=O) groups is 1. The van der Waals surface area contributed by atoms with E-state index in [0.29, 0.717) is 12.2 Å². The van der Waals surface area contributed by atoms with Gasteiger partial charge in [-0.2, -0.15) is 5.10 Å². The van der Waals surface area contributed by atoms with Crippen LogP contribution in [0.5, 0.6) is 0 Å². The number of aromatic amines is 1. The van der Waals surface area contributed by atoms with Crippen LogP contribution >= 0.6 is 11.8 Å². The summed E-state index contributed by atoms with van der Waals surface area (Å²) in [6.07, 6.45) is 3.94. The zero-order chi connectivity index (χ0) is 15.8. The van der Waals surface area contributed by atoms with Gasteiger partial charge in [-0.1, -0.05) is 11.8 Å². The molecule has 4 heterocycles. The van der Waals surface area contributed by atoms with Crippen molar-refractivity contribution in [2.75, 3.05) is 5.75 Å². The van der Waals surface area contributed by atoms with Crippen molar-refractivity contribution < 1.29 is 4.79 Å². The SMILES string of the molecule is Cn1cccc1-c1cc(C(=O)NCc2cn3c(n2)SCC3)[nH]n1. The monoisotopic (exact) mass is 328 g/mol. The summed E-state index contributed by atoms with van der Waals surface area (Å²) in [6.45, 7) is 1.40. The van der Waals surface area contributed by atoms with Gasteiger partial charge in [-0.05, 0) is 18.2 Å². The van der Waals surface area contributed by atoms with E-state index in [9.17, 15) is 4.79 Å². The number of nitrogens with one attached hydrogen (secondary N) is 2. The van der Waals surface area contributed by atoms with Crippen molar-refractivity contribution in [1.29, 1.82) is 0 Å². The lowest BCUT2D eigenvalue weighted by Crippen LogP contribution is -2.23. The molecular weight excluding hydrogens is 312 g/mol.